The average molecular weight is 321 g/mol. The van der Waals surface area contributed by atoms with E-state index >= 15 is 0 Å². The molecule has 0 radical (unpaired) electrons. The molecule has 1 aromatic carbocycles. The molecule has 1 N–H and O–H groups in total. The molecule has 0 saturated carbocycles. The van der Waals surface area contributed by atoms with E-state index in [2.05, 4.69) is 21.6 Å². The Balaban J connectivity index is 1.77. The molecular weight excluding hydrogens is 306 g/mol. The SMILES string of the molecule is Cc1nnc(-c2cccc(C#N)c2)n1CC(=O)NCc1ccco1. The quantitative estimate of drug-likeness (QED) is 0.775. The first-order chi connectivity index (χ1) is 11.7. The van der Waals surface area contributed by atoms with E-state index in [0.29, 0.717) is 29.5 Å². The first-order valence-corrected chi connectivity index (χ1v) is 7.37. The standard InChI is InChI=1S/C17H15N5O2/c1-12-20-21-17(14-5-2-4-13(8-14)9-18)22(12)11-16(23)19-10-15-6-3-7-24-15/h2-8H,10-11H2,1H3,(H,19,23). The van der Waals surface area contributed by atoms with Crippen molar-refractivity contribution in [3.05, 3.63) is 59.8 Å². The number of hydrogen-bond acceptors (Lipinski definition) is 5. The third-order valence-electron chi connectivity index (χ3n) is 3.53. The topological polar surface area (TPSA) is 96.7 Å². The number of nitrogens with zero attached hydrogens (tertiary/aromatic N) is 4. The van der Waals surface area contributed by atoms with E-state index in [1.54, 1.807) is 48.1 Å². The van der Waals surface area contributed by atoms with Crippen LogP contribution in [0.15, 0.2) is 47.1 Å². The van der Waals surface area contributed by atoms with E-state index in [0.717, 1.165) is 5.56 Å². The Hall–Kier alpha value is -3.40. The van der Waals surface area contributed by atoms with Gasteiger partial charge in [-0.15, -0.1) is 10.2 Å². The summed E-state index contributed by atoms with van der Waals surface area (Å²) in [5.41, 5.74) is 1.27. The molecule has 0 aliphatic carbocycles. The normalized spacial score (nSPS) is 10.3. The van der Waals surface area contributed by atoms with Gasteiger partial charge >= 0.3 is 0 Å². The van der Waals surface area contributed by atoms with E-state index in [-0.39, 0.29) is 12.5 Å². The summed E-state index contributed by atoms with van der Waals surface area (Å²) >= 11 is 0. The number of carbonyl (C=O) groups is 1. The number of hydrogen-bond donors (Lipinski definition) is 1. The van der Waals surface area contributed by atoms with Crippen molar-refractivity contribution in [2.24, 2.45) is 0 Å². The fourth-order valence-corrected chi connectivity index (χ4v) is 2.31. The zero-order valence-corrected chi connectivity index (χ0v) is 13.1. The molecule has 0 spiro atoms. The maximum absolute atomic E-state index is 12.2. The van der Waals surface area contributed by atoms with Gasteiger partial charge in [-0.3, -0.25) is 4.79 Å². The average Bonchev–Trinajstić information content (AvgIpc) is 3.24. The molecule has 0 aliphatic rings. The van der Waals surface area contributed by atoms with Crippen molar-refractivity contribution in [2.75, 3.05) is 0 Å². The number of furan rings is 1. The molecule has 0 saturated heterocycles. The van der Waals surface area contributed by atoms with E-state index in [1.807, 2.05) is 6.07 Å². The maximum Gasteiger partial charge on any atom is 0.240 e. The fourth-order valence-electron chi connectivity index (χ4n) is 2.31. The van der Waals surface area contributed by atoms with Crippen molar-refractivity contribution in [2.45, 2.75) is 20.0 Å². The zero-order chi connectivity index (χ0) is 16.9. The van der Waals surface area contributed by atoms with E-state index in [1.165, 1.54) is 0 Å². The van der Waals surface area contributed by atoms with Crippen LogP contribution in [0, 0.1) is 18.3 Å². The molecule has 0 bridgehead atoms. The van der Waals surface area contributed by atoms with Gasteiger partial charge in [-0.1, -0.05) is 12.1 Å². The molecule has 2 aromatic heterocycles. The van der Waals surface area contributed by atoms with Crippen LogP contribution in [0.3, 0.4) is 0 Å². The summed E-state index contributed by atoms with van der Waals surface area (Å²) in [5.74, 6) is 1.69. The summed E-state index contributed by atoms with van der Waals surface area (Å²) in [7, 11) is 0. The second-order valence-corrected chi connectivity index (χ2v) is 5.21. The molecule has 0 atom stereocenters. The molecule has 0 unspecified atom stereocenters. The zero-order valence-electron chi connectivity index (χ0n) is 13.1. The third-order valence-corrected chi connectivity index (χ3v) is 3.53. The van der Waals surface area contributed by atoms with Gasteiger partial charge in [0.05, 0.1) is 24.4 Å². The van der Waals surface area contributed by atoms with Gasteiger partial charge in [-0.25, -0.2) is 0 Å². The number of nitriles is 1. The second-order valence-electron chi connectivity index (χ2n) is 5.21. The molecule has 0 fully saturated rings. The summed E-state index contributed by atoms with van der Waals surface area (Å²) in [6, 6.07) is 12.7. The van der Waals surface area contributed by atoms with Gasteiger partial charge in [0, 0.05) is 5.56 Å². The highest BCUT2D eigenvalue weighted by molar-refractivity contribution is 5.76. The number of benzene rings is 1. The summed E-state index contributed by atoms with van der Waals surface area (Å²) in [6.07, 6.45) is 1.56. The van der Waals surface area contributed by atoms with Crippen molar-refractivity contribution in [3.63, 3.8) is 0 Å². The number of aryl methyl sites for hydroxylation is 1. The Kier molecular flexibility index (Phi) is 4.38. The van der Waals surface area contributed by atoms with Gasteiger partial charge in [-0.2, -0.15) is 5.26 Å². The predicted molar refractivity (Wildman–Crippen MR) is 85.5 cm³/mol. The predicted octanol–water partition coefficient (Wildman–Crippen LogP) is 2.03. The summed E-state index contributed by atoms with van der Waals surface area (Å²) < 4.78 is 6.90. The number of amides is 1. The van der Waals surface area contributed by atoms with Crippen LogP contribution in [0.5, 0.6) is 0 Å². The van der Waals surface area contributed by atoms with E-state index < -0.39 is 0 Å². The second kappa shape index (κ2) is 6.79. The van der Waals surface area contributed by atoms with E-state index in [4.69, 9.17) is 9.68 Å². The molecule has 3 rings (SSSR count). The van der Waals surface area contributed by atoms with Crippen molar-refractivity contribution < 1.29 is 9.21 Å². The monoisotopic (exact) mass is 321 g/mol. The van der Waals surface area contributed by atoms with Gasteiger partial charge < -0.3 is 14.3 Å². The molecule has 120 valence electrons. The van der Waals surface area contributed by atoms with Crippen LogP contribution in [-0.2, 0) is 17.9 Å². The van der Waals surface area contributed by atoms with Crippen LogP contribution in [0.25, 0.3) is 11.4 Å². The Morgan fingerprint density at radius 3 is 2.96 bits per heavy atom. The van der Waals surface area contributed by atoms with Crippen LogP contribution >= 0.6 is 0 Å². The first kappa shape index (κ1) is 15.5. The van der Waals surface area contributed by atoms with Crippen molar-refractivity contribution >= 4 is 5.91 Å². The Morgan fingerprint density at radius 2 is 2.21 bits per heavy atom. The minimum Gasteiger partial charge on any atom is -0.467 e. The number of carbonyl (C=O) groups excluding carboxylic acids is 1. The van der Waals surface area contributed by atoms with Crippen molar-refractivity contribution in [3.8, 4) is 17.5 Å². The van der Waals surface area contributed by atoms with Crippen LogP contribution < -0.4 is 5.32 Å². The van der Waals surface area contributed by atoms with Crippen molar-refractivity contribution in [1.29, 1.82) is 5.26 Å². The van der Waals surface area contributed by atoms with Crippen LogP contribution in [-0.4, -0.2) is 20.7 Å². The lowest BCUT2D eigenvalue weighted by atomic mass is 10.1. The van der Waals surface area contributed by atoms with E-state index in [9.17, 15) is 4.79 Å². The highest BCUT2D eigenvalue weighted by Gasteiger charge is 2.14. The van der Waals surface area contributed by atoms with Gasteiger partial charge in [0.15, 0.2) is 5.82 Å². The molecular formula is C17H15N5O2. The number of aromatic nitrogens is 3. The highest BCUT2D eigenvalue weighted by atomic mass is 16.3. The Labute approximate surface area is 138 Å². The lowest BCUT2D eigenvalue weighted by Crippen LogP contribution is -2.27. The largest absolute Gasteiger partial charge is 0.467 e. The molecule has 1 amide bonds. The first-order valence-electron chi connectivity index (χ1n) is 7.37. The molecule has 7 nitrogen and oxygen atoms in total. The Morgan fingerprint density at radius 1 is 1.33 bits per heavy atom. The summed E-state index contributed by atoms with van der Waals surface area (Å²) in [5, 5.41) is 20.0. The molecule has 3 aromatic rings. The molecule has 0 aliphatic heterocycles. The number of nitrogens with one attached hydrogen (secondary N) is 1. The van der Waals surface area contributed by atoms with Gasteiger partial charge in [0.2, 0.25) is 5.91 Å². The Bertz CT molecular complexity index is 890. The third kappa shape index (κ3) is 3.33. The highest BCUT2D eigenvalue weighted by Crippen LogP contribution is 2.19. The lowest BCUT2D eigenvalue weighted by Gasteiger charge is -2.09. The molecule has 2 heterocycles. The van der Waals surface area contributed by atoms with Gasteiger partial charge in [0.1, 0.15) is 18.1 Å². The minimum atomic E-state index is -0.174. The van der Waals surface area contributed by atoms with Gasteiger partial charge in [0.25, 0.3) is 0 Å². The lowest BCUT2D eigenvalue weighted by molar-refractivity contribution is -0.121. The summed E-state index contributed by atoms with van der Waals surface area (Å²) in [6.45, 7) is 2.20. The molecule has 7 heteroatoms. The van der Waals surface area contributed by atoms with Crippen LogP contribution in [0.1, 0.15) is 17.1 Å². The van der Waals surface area contributed by atoms with Crippen LogP contribution in [0.2, 0.25) is 0 Å². The summed E-state index contributed by atoms with van der Waals surface area (Å²) in [4.78, 5) is 12.2. The van der Waals surface area contributed by atoms with Crippen molar-refractivity contribution in [1.82, 2.24) is 20.1 Å². The fraction of sp³-hybridized carbons (Fsp3) is 0.176. The maximum atomic E-state index is 12.2. The molecule has 24 heavy (non-hydrogen) atoms. The smallest absolute Gasteiger partial charge is 0.240 e. The minimum absolute atomic E-state index is 0.0889. The van der Waals surface area contributed by atoms with Crippen LogP contribution in [0.4, 0.5) is 0 Å². The number of rotatable bonds is 5. The van der Waals surface area contributed by atoms with Gasteiger partial charge in [-0.05, 0) is 31.2 Å².